The first-order valence-electron chi connectivity index (χ1n) is 6.08. The Hall–Kier alpha value is -1.82. The largest absolute Gasteiger partial charge is 0.305 e. The second-order valence-corrected chi connectivity index (χ2v) is 4.40. The molecule has 0 spiro atoms. The van der Waals surface area contributed by atoms with Crippen molar-refractivity contribution in [3.8, 4) is 0 Å². The van der Waals surface area contributed by atoms with Gasteiger partial charge in [-0.05, 0) is 25.1 Å². The van der Waals surface area contributed by atoms with E-state index in [1.165, 1.54) is 6.07 Å². The van der Waals surface area contributed by atoms with Crippen LogP contribution in [0.1, 0.15) is 29.8 Å². The van der Waals surface area contributed by atoms with E-state index in [1.54, 1.807) is 24.9 Å². The maximum Gasteiger partial charge on any atom is 0.131 e. The van der Waals surface area contributed by atoms with Gasteiger partial charge >= 0.3 is 0 Å². The van der Waals surface area contributed by atoms with E-state index in [0.717, 1.165) is 11.8 Å². The molecule has 0 saturated heterocycles. The number of nitrogens with zero attached hydrogens (tertiary/aromatic N) is 3. The average Bonchev–Trinajstić information content (AvgIpc) is 2.77. The molecule has 1 heterocycles. The van der Waals surface area contributed by atoms with Crippen LogP contribution in [0.15, 0.2) is 18.3 Å². The molecule has 1 unspecified atom stereocenters. The van der Waals surface area contributed by atoms with Gasteiger partial charge in [-0.25, -0.2) is 8.78 Å². The first-order chi connectivity index (χ1) is 9.04. The van der Waals surface area contributed by atoms with E-state index in [4.69, 9.17) is 0 Å². The topological polar surface area (TPSA) is 42.7 Å². The van der Waals surface area contributed by atoms with Crippen molar-refractivity contribution in [2.45, 2.75) is 19.9 Å². The summed E-state index contributed by atoms with van der Waals surface area (Å²) < 4.78 is 28.9. The molecule has 0 fully saturated rings. The molecular formula is C13H16F2N4. The average molecular weight is 266 g/mol. The lowest BCUT2D eigenvalue weighted by molar-refractivity contribution is 0.518. The Kier molecular flexibility index (Phi) is 3.90. The zero-order valence-corrected chi connectivity index (χ0v) is 11.1. The van der Waals surface area contributed by atoms with Crippen LogP contribution in [0.5, 0.6) is 0 Å². The van der Waals surface area contributed by atoms with Gasteiger partial charge in [0.1, 0.15) is 11.6 Å². The van der Waals surface area contributed by atoms with Gasteiger partial charge in [0.05, 0.1) is 17.9 Å². The molecule has 0 aliphatic carbocycles. The summed E-state index contributed by atoms with van der Waals surface area (Å²) >= 11 is 0. The van der Waals surface area contributed by atoms with Crippen molar-refractivity contribution in [1.29, 1.82) is 0 Å². The van der Waals surface area contributed by atoms with Gasteiger partial charge in [-0.15, -0.1) is 5.10 Å². The van der Waals surface area contributed by atoms with Crippen LogP contribution in [-0.2, 0) is 7.05 Å². The number of rotatable bonds is 4. The van der Waals surface area contributed by atoms with Crippen LogP contribution in [0.25, 0.3) is 0 Å². The second-order valence-electron chi connectivity index (χ2n) is 4.40. The highest BCUT2D eigenvalue weighted by Crippen LogP contribution is 2.25. The number of hydrogen-bond acceptors (Lipinski definition) is 3. The summed E-state index contributed by atoms with van der Waals surface area (Å²) in [6.45, 7) is 4.18. The van der Waals surface area contributed by atoms with Crippen LogP contribution in [0.2, 0.25) is 0 Å². The predicted molar refractivity (Wildman–Crippen MR) is 67.6 cm³/mol. The van der Waals surface area contributed by atoms with Crippen molar-refractivity contribution in [1.82, 2.24) is 20.3 Å². The molecular weight excluding hydrogens is 250 g/mol. The number of halogens is 2. The lowest BCUT2D eigenvalue weighted by Gasteiger charge is -2.19. The van der Waals surface area contributed by atoms with E-state index in [2.05, 4.69) is 15.6 Å². The molecule has 1 N–H and O–H groups in total. The van der Waals surface area contributed by atoms with Gasteiger partial charge in [0.15, 0.2) is 0 Å². The van der Waals surface area contributed by atoms with Crippen LogP contribution < -0.4 is 5.32 Å². The summed E-state index contributed by atoms with van der Waals surface area (Å²) in [6.07, 6.45) is 1.57. The molecule has 0 aliphatic rings. The highest BCUT2D eigenvalue weighted by molar-refractivity contribution is 5.32. The van der Waals surface area contributed by atoms with Crippen LogP contribution >= 0.6 is 0 Å². The third-order valence-electron chi connectivity index (χ3n) is 3.04. The van der Waals surface area contributed by atoms with E-state index in [-0.39, 0.29) is 0 Å². The summed E-state index contributed by atoms with van der Waals surface area (Å²) in [5.74, 6) is -1.12. The third kappa shape index (κ3) is 2.63. The van der Waals surface area contributed by atoms with Crippen LogP contribution in [-0.4, -0.2) is 21.5 Å². The monoisotopic (exact) mass is 266 g/mol. The minimum Gasteiger partial charge on any atom is -0.305 e. The molecule has 19 heavy (non-hydrogen) atoms. The highest BCUT2D eigenvalue weighted by atomic mass is 19.1. The molecule has 1 atom stereocenters. The molecule has 0 saturated carbocycles. The lowest BCUT2D eigenvalue weighted by Crippen LogP contribution is -2.25. The van der Waals surface area contributed by atoms with Crippen molar-refractivity contribution >= 4 is 0 Å². The van der Waals surface area contributed by atoms with E-state index >= 15 is 0 Å². The van der Waals surface area contributed by atoms with E-state index < -0.39 is 17.7 Å². The van der Waals surface area contributed by atoms with Crippen LogP contribution in [0.4, 0.5) is 8.78 Å². The van der Waals surface area contributed by atoms with Gasteiger partial charge in [-0.1, -0.05) is 12.1 Å². The van der Waals surface area contributed by atoms with E-state index in [1.807, 2.05) is 6.92 Å². The fourth-order valence-electron chi connectivity index (χ4n) is 2.04. The minimum atomic E-state index is -0.574. The van der Waals surface area contributed by atoms with E-state index in [9.17, 15) is 8.78 Å². The number of nitrogens with one attached hydrogen (secondary N) is 1. The molecule has 2 aromatic rings. The first-order valence-corrected chi connectivity index (χ1v) is 6.08. The number of benzene rings is 1. The maximum atomic E-state index is 14.0. The van der Waals surface area contributed by atoms with Crippen LogP contribution in [0, 0.1) is 18.6 Å². The summed E-state index contributed by atoms with van der Waals surface area (Å²) in [5.41, 5.74) is 1.53. The highest BCUT2D eigenvalue weighted by Gasteiger charge is 2.21. The fraction of sp³-hybridized carbons (Fsp3) is 0.385. The summed E-state index contributed by atoms with van der Waals surface area (Å²) in [6, 6.07) is 2.04. The molecule has 102 valence electrons. The number of hydrogen-bond donors (Lipinski definition) is 1. The SMILES string of the molecule is CCNC(c1cc(C)c(F)cc1F)c1cnnn1C. The quantitative estimate of drug-likeness (QED) is 0.921. The van der Waals surface area contributed by atoms with Crippen molar-refractivity contribution < 1.29 is 8.78 Å². The third-order valence-corrected chi connectivity index (χ3v) is 3.04. The van der Waals surface area contributed by atoms with E-state index in [0.29, 0.717) is 17.7 Å². The van der Waals surface area contributed by atoms with Gasteiger partial charge in [0.2, 0.25) is 0 Å². The molecule has 0 amide bonds. The first kappa shape index (κ1) is 13.6. The van der Waals surface area contributed by atoms with Gasteiger partial charge in [-0.3, -0.25) is 4.68 Å². The van der Waals surface area contributed by atoms with Crippen LogP contribution in [0.3, 0.4) is 0 Å². The smallest absolute Gasteiger partial charge is 0.131 e. The minimum absolute atomic E-state index is 0.395. The fourth-order valence-corrected chi connectivity index (χ4v) is 2.04. The molecule has 0 aliphatic heterocycles. The van der Waals surface area contributed by atoms with Crippen molar-refractivity contribution in [3.05, 3.63) is 46.8 Å². The summed E-state index contributed by atoms with van der Waals surface area (Å²) in [4.78, 5) is 0. The Bertz CT molecular complexity index is 580. The number of aryl methyl sites for hydroxylation is 2. The molecule has 1 aromatic carbocycles. The molecule has 6 heteroatoms. The maximum absolute atomic E-state index is 14.0. The normalized spacial score (nSPS) is 12.7. The zero-order valence-electron chi connectivity index (χ0n) is 11.1. The molecule has 2 rings (SSSR count). The molecule has 0 bridgehead atoms. The standard InChI is InChI=1S/C13H16F2N4/c1-4-16-13(12-7-17-18-19(12)3)9-5-8(2)10(14)6-11(9)15/h5-7,13,16H,4H2,1-3H3. The Morgan fingerprint density at radius 1 is 1.32 bits per heavy atom. The van der Waals surface area contributed by atoms with Crippen molar-refractivity contribution in [3.63, 3.8) is 0 Å². The van der Waals surface area contributed by atoms with Gasteiger partial charge in [0.25, 0.3) is 0 Å². The Morgan fingerprint density at radius 3 is 2.63 bits per heavy atom. The Labute approximate surface area is 110 Å². The molecule has 1 aromatic heterocycles. The van der Waals surface area contributed by atoms with Gasteiger partial charge < -0.3 is 5.32 Å². The lowest BCUT2D eigenvalue weighted by atomic mass is 10.0. The summed E-state index contributed by atoms with van der Waals surface area (Å²) in [7, 11) is 1.74. The Morgan fingerprint density at radius 2 is 2.05 bits per heavy atom. The Balaban J connectivity index is 2.51. The number of aromatic nitrogens is 3. The zero-order chi connectivity index (χ0) is 14.0. The molecule has 0 radical (unpaired) electrons. The predicted octanol–water partition coefficient (Wildman–Crippen LogP) is 2.10. The van der Waals surface area contributed by atoms with Gasteiger partial charge in [-0.2, -0.15) is 0 Å². The van der Waals surface area contributed by atoms with Crippen molar-refractivity contribution in [2.75, 3.05) is 6.54 Å². The molecule has 4 nitrogen and oxygen atoms in total. The summed E-state index contributed by atoms with van der Waals surface area (Å²) in [5, 5.41) is 10.8. The second kappa shape index (κ2) is 5.44. The van der Waals surface area contributed by atoms with Crippen molar-refractivity contribution in [2.24, 2.45) is 7.05 Å². The van der Waals surface area contributed by atoms with Gasteiger partial charge in [0, 0.05) is 18.7 Å².